The van der Waals surface area contributed by atoms with Crippen molar-refractivity contribution < 1.29 is 14.3 Å². The van der Waals surface area contributed by atoms with Gasteiger partial charge >= 0.3 is 0 Å². The van der Waals surface area contributed by atoms with Gasteiger partial charge in [0.2, 0.25) is 11.8 Å². The van der Waals surface area contributed by atoms with Crippen molar-refractivity contribution in [2.75, 3.05) is 20.2 Å². The summed E-state index contributed by atoms with van der Waals surface area (Å²) in [6.07, 6.45) is 0.222. The lowest BCUT2D eigenvalue weighted by atomic mass is 10.1. The van der Waals surface area contributed by atoms with Crippen molar-refractivity contribution >= 4 is 27.7 Å². The highest BCUT2D eigenvalue weighted by Gasteiger charge is 2.17. The smallest absolute Gasteiger partial charge is 0.240 e. The zero-order chi connectivity index (χ0) is 17.6. The molecule has 0 aliphatic rings. The van der Waals surface area contributed by atoms with Crippen LogP contribution < -0.4 is 10.1 Å². The Morgan fingerprint density at radius 2 is 1.96 bits per heavy atom. The quantitative estimate of drug-likeness (QED) is 0.819. The summed E-state index contributed by atoms with van der Waals surface area (Å²) in [6.45, 7) is 8.02. The number of carbonyl (C=O) groups excluding carboxylic acids is 2. The Hall–Kier alpha value is -1.56. The molecule has 1 rings (SSSR count). The second-order valence-corrected chi connectivity index (χ2v) is 7.43. The van der Waals surface area contributed by atoms with Gasteiger partial charge in [-0.05, 0) is 61.3 Å². The minimum atomic E-state index is -0.304. The van der Waals surface area contributed by atoms with Crippen LogP contribution >= 0.6 is 15.9 Å². The monoisotopic (exact) mass is 384 g/mol. The molecular formula is C17H25BrN2O3. The fourth-order valence-electron chi connectivity index (χ4n) is 1.92. The minimum absolute atomic E-state index is 0.0460. The summed E-state index contributed by atoms with van der Waals surface area (Å²) < 4.78 is 6.47. The largest absolute Gasteiger partial charge is 0.492 e. The highest BCUT2D eigenvalue weighted by atomic mass is 79.9. The Morgan fingerprint density at radius 3 is 2.52 bits per heavy atom. The van der Waals surface area contributed by atoms with Crippen LogP contribution in [0.3, 0.4) is 0 Å². The zero-order valence-electron chi connectivity index (χ0n) is 14.4. The molecule has 5 nitrogen and oxygen atoms in total. The van der Waals surface area contributed by atoms with Gasteiger partial charge in [-0.1, -0.05) is 6.07 Å². The van der Waals surface area contributed by atoms with Crippen LogP contribution in [0.25, 0.3) is 0 Å². The molecule has 0 atom stereocenters. The van der Waals surface area contributed by atoms with Crippen molar-refractivity contribution in [2.24, 2.45) is 0 Å². The third-order valence-corrected chi connectivity index (χ3v) is 3.60. The van der Waals surface area contributed by atoms with E-state index < -0.39 is 0 Å². The lowest BCUT2D eigenvalue weighted by Crippen LogP contribution is -2.46. The molecule has 1 aromatic rings. The Morgan fingerprint density at radius 1 is 1.30 bits per heavy atom. The second kappa shape index (κ2) is 8.34. The fraction of sp³-hybridized carbons (Fsp3) is 0.529. The number of ether oxygens (including phenoxy) is 1. The molecule has 0 aliphatic heterocycles. The van der Waals surface area contributed by atoms with Crippen molar-refractivity contribution in [1.29, 1.82) is 0 Å². The normalized spacial score (nSPS) is 11.0. The van der Waals surface area contributed by atoms with Crippen molar-refractivity contribution in [3.63, 3.8) is 0 Å². The summed E-state index contributed by atoms with van der Waals surface area (Å²) in [5.74, 6) is 0.407. The Labute approximate surface area is 146 Å². The standard InChI is InChI=1S/C17H25BrN2O3/c1-12-6-7-14(13(18)10-12)23-9-8-16(22)20(5)11-15(21)19-17(2,3)4/h6-7,10H,8-9,11H2,1-5H3,(H,19,21). The van der Waals surface area contributed by atoms with E-state index in [0.717, 1.165) is 10.0 Å². The van der Waals surface area contributed by atoms with E-state index in [2.05, 4.69) is 21.2 Å². The summed E-state index contributed by atoms with van der Waals surface area (Å²) in [4.78, 5) is 25.2. The first kappa shape index (κ1) is 19.5. The van der Waals surface area contributed by atoms with E-state index in [9.17, 15) is 9.59 Å². The Kier molecular flexibility index (Phi) is 7.06. The zero-order valence-corrected chi connectivity index (χ0v) is 16.0. The molecule has 0 unspecified atom stereocenters. The van der Waals surface area contributed by atoms with Gasteiger partial charge in [0.25, 0.3) is 0 Å². The van der Waals surface area contributed by atoms with Crippen LogP contribution in [0.4, 0.5) is 0 Å². The molecule has 128 valence electrons. The van der Waals surface area contributed by atoms with Gasteiger partial charge in [0.1, 0.15) is 5.75 Å². The van der Waals surface area contributed by atoms with Gasteiger partial charge in [-0.2, -0.15) is 0 Å². The lowest BCUT2D eigenvalue weighted by Gasteiger charge is -2.23. The Bertz CT molecular complexity index is 567. The second-order valence-electron chi connectivity index (χ2n) is 6.58. The molecule has 0 radical (unpaired) electrons. The van der Waals surface area contributed by atoms with E-state index in [0.29, 0.717) is 5.75 Å². The average molecular weight is 385 g/mol. The summed E-state index contributed by atoms with van der Waals surface area (Å²) in [5, 5.41) is 2.83. The van der Waals surface area contributed by atoms with Gasteiger partial charge in [-0.3, -0.25) is 9.59 Å². The number of rotatable bonds is 6. The maximum atomic E-state index is 12.0. The molecule has 1 N–H and O–H groups in total. The van der Waals surface area contributed by atoms with Gasteiger partial charge in [-0.15, -0.1) is 0 Å². The number of nitrogens with zero attached hydrogens (tertiary/aromatic N) is 1. The van der Waals surface area contributed by atoms with Crippen molar-refractivity contribution in [3.8, 4) is 5.75 Å². The van der Waals surface area contributed by atoms with Gasteiger partial charge < -0.3 is 15.0 Å². The predicted octanol–water partition coefficient (Wildman–Crippen LogP) is 2.90. The molecule has 1 aromatic carbocycles. The molecule has 0 saturated carbocycles. The molecule has 23 heavy (non-hydrogen) atoms. The molecular weight excluding hydrogens is 360 g/mol. The molecule has 0 aromatic heterocycles. The van der Waals surface area contributed by atoms with E-state index in [-0.39, 0.29) is 36.9 Å². The van der Waals surface area contributed by atoms with Crippen LogP contribution in [0, 0.1) is 6.92 Å². The van der Waals surface area contributed by atoms with Crippen LogP contribution in [0.5, 0.6) is 5.75 Å². The third kappa shape index (κ3) is 7.50. The number of aryl methyl sites for hydroxylation is 1. The molecule has 6 heteroatoms. The fourth-order valence-corrected chi connectivity index (χ4v) is 2.53. The summed E-state index contributed by atoms with van der Waals surface area (Å²) in [7, 11) is 1.62. The molecule has 0 fully saturated rings. The Balaban J connectivity index is 2.39. The molecule has 0 bridgehead atoms. The molecule has 0 spiro atoms. The number of benzene rings is 1. The van der Waals surface area contributed by atoms with Crippen LogP contribution in [-0.4, -0.2) is 42.5 Å². The maximum absolute atomic E-state index is 12.0. The summed E-state index contributed by atoms with van der Waals surface area (Å²) >= 11 is 3.43. The van der Waals surface area contributed by atoms with Crippen LogP contribution in [0.1, 0.15) is 32.8 Å². The van der Waals surface area contributed by atoms with E-state index in [1.807, 2.05) is 45.9 Å². The van der Waals surface area contributed by atoms with Crippen LogP contribution in [-0.2, 0) is 9.59 Å². The van der Waals surface area contributed by atoms with Gasteiger partial charge in [0.05, 0.1) is 24.0 Å². The topological polar surface area (TPSA) is 58.6 Å². The minimum Gasteiger partial charge on any atom is -0.492 e. The molecule has 0 heterocycles. The van der Waals surface area contributed by atoms with E-state index >= 15 is 0 Å². The first-order valence-electron chi connectivity index (χ1n) is 7.52. The number of carbonyl (C=O) groups is 2. The number of amides is 2. The maximum Gasteiger partial charge on any atom is 0.240 e. The first-order valence-corrected chi connectivity index (χ1v) is 8.32. The number of likely N-dealkylation sites (N-methyl/N-ethyl adjacent to an activating group) is 1. The highest BCUT2D eigenvalue weighted by Crippen LogP contribution is 2.25. The van der Waals surface area contributed by atoms with E-state index in [4.69, 9.17) is 4.74 Å². The van der Waals surface area contributed by atoms with Gasteiger partial charge in [-0.25, -0.2) is 0 Å². The lowest BCUT2D eigenvalue weighted by molar-refractivity contribution is -0.135. The van der Waals surface area contributed by atoms with Crippen LogP contribution in [0.15, 0.2) is 22.7 Å². The molecule has 2 amide bonds. The van der Waals surface area contributed by atoms with E-state index in [1.54, 1.807) is 7.05 Å². The van der Waals surface area contributed by atoms with Crippen molar-refractivity contribution in [1.82, 2.24) is 10.2 Å². The SMILES string of the molecule is Cc1ccc(OCCC(=O)N(C)CC(=O)NC(C)(C)C)c(Br)c1. The first-order chi connectivity index (χ1) is 10.6. The van der Waals surface area contributed by atoms with Gasteiger partial charge in [0, 0.05) is 12.6 Å². The highest BCUT2D eigenvalue weighted by molar-refractivity contribution is 9.10. The number of hydrogen-bond acceptors (Lipinski definition) is 3. The summed E-state index contributed by atoms with van der Waals surface area (Å²) in [6, 6.07) is 5.77. The number of hydrogen-bond donors (Lipinski definition) is 1. The van der Waals surface area contributed by atoms with Crippen molar-refractivity contribution in [2.45, 2.75) is 39.7 Å². The van der Waals surface area contributed by atoms with E-state index in [1.165, 1.54) is 4.90 Å². The molecule has 0 saturated heterocycles. The average Bonchev–Trinajstić information content (AvgIpc) is 2.38. The van der Waals surface area contributed by atoms with Crippen LogP contribution in [0.2, 0.25) is 0 Å². The molecule has 0 aliphatic carbocycles. The number of halogens is 1. The third-order valence-electron chi connectivity index (χ3n) is 2.98. The van der Waals surface area contributed by atoms with Gasteiger partial charge in [0.15, 0.2) is 0 Å². The summed E-state index contributed by atoms with van der Waals surface area (Å²) in [5.41, 5.74) is 0.826. The van der Waals surface area contributed by atoms with Crippen molar-refractivity contribution in [3.05, 3.63) is 28.2 Å². The predicted molar refractivity (Wildman–Crippen MR) is 94.5 cm³/mol. The number of nitrogens with one attached hydrogen (secondary N) is 1.